The number of aromatic nitrogens is 2. The van der Waals surface area contributed by atoms with Gasteiger partial charge in [-0.25, -0.2) is 0 Å². The number of nitrogens with one attached hydrogen (secondary N) is 2. The molecule has 3 aromatic rings. The molecule has 2 heterocycles. The number of benzene rings is 1. The summed E-state index contributed by atoms with van der Waals surface area (Å²) >= 11 is 1.36. The van der Waals surface area contributed by atoms with Crippen molar-refractivity contribution >= 4 is 23.2 Å². The van der Waals surface area contributed by atoms with Crippen molar-refractivity contribution < 1.29 is 14.1 Å². The van der Waals surface area contributed by atoms with Gasteiger partial charge in [0.1, 0.15) is 0 Å². The Kier molecular flexibility index (Phi) is 4.97. The van der Waals surface area contributed by atoms with Crippen molar-refractivity contribution in [2.75, 3.05) is 13.1 Å². The van der Waals surface area contributed by atoms with E-state index < -0.39 is 5.91 Å². The second-order valence-corrected chi connectivity index (χ2v) is 5.73. The van der Waals surface area contributed by atoms with Gasteiger partial charge in [0.25, 0.3) is 5.91 Å². The number of rotatable bonds is 6. The summed E-state index contributed by atoms with van der Waals surface area (Å²) in [4.78, 5) is 28.4. The fourth-order valence-electron chi connectivity index (χ4n) is 1.94. The standard InChI is InChI=1S/C16H14N4O3S/c21-14(12-7-4-10-24-12)17-8-9-18-15(22)16-19-13(20-23-16)11-5-2-1-3-6-11/h1-7,10H,8-9H2,(H,17,21)(H,18,22). The fraction of sp³-hybridized carbons (Fsp3) is 0.125. The van der Waals surface area contributed by atoms with E-state index in [1.54, 1.807) is 12.1 Å². The van der Waals surface area contributed by atoms with Crippen LogP contribution in [0.15, 0.2) is 52.4 Å². The van der Waals surface area contributed by atoms with Crippen molar-refractivity contribution in [1.29, 1.82) is 0 Å². The fourth-order valence-corrected chi connectivity index (χ4v) is 2.58. The van der Waals surface area contributed by atoms with Gasteiger partial charge in [0.2, 0.25) is 5.82 Å². The zero-order chi connectivity index (χ0) is 16.8. The summed E-state index contributed by atoms with van der Waals surface area (Å²) in [5, 5.41) is 10.9. The number of hydrogen-bond acceptors (Lipinski definition) is 6. The molecule has 24 heavy (non-hydrogen) atoms. The number of amides is 2. The molecule has 0 saturated heterocycles. The molecule has 0 unspecified atom stereocenters. The molecule has 0 bridgehead atoms. The lowest BCUT2D eigenvalue weighted by Crippen LogP contribution is -2.34. The first-order valence-electron chi connectivity index (χ1n) is 7.23. The summed E-state index contributed by atoms with van der Waals surface area (Å²) in [6.07, 6.45) is 0. The van der Waals surface area contributed by atoms with Crippen LogP contribution in [0, 0.1) is 0 Å². The van der Waals surface area contributed by atoms with Crippen molar-refractivity contribution in [3.8, 4) is 11.4 Å². The molecule has 7 nitrogen and oxygen atoms in total. The summed E-state index contributed by atoms with van der Waals surface area (Å²) in [5.74, 6) is -0.399. The maximum Gasteiger partial charge on any atom is 0.316 e. The zero-order valence-electron chi connectivity index (χ0n) is 12.6. The van der Waals surface area contributed by atoms with Crippen LogP contribution in [0.3, 0.4) is 0 Å². The molecule has 1 aromatic carbocycles. The maximum absolute atomic E-state index is 11.9. The Hall–Kier alpha value is -3.00. The van der Waals surface area contributed by atoms with E-state index in [4.69, 9.17) is 4.52 Å². The minimum atomic E-state index is -0.477. The molecule has 2 aromatic heterocycles. The molecule has 0 fully saturated rings. The summed E-state index contributed by atoms with van der Waals surface area (Å²) in [5.41, 5.74) is 0.767. The Bertz CT molecular complexity index is 815. The number of hydrogen-bond donors (Lipinski definition) is 2. The summed E-state index contributed by atoms with van der Waals surface area (Å²) < 4.78 is 4.96. The van der Waals surface area contributed by atoms with Gasteiger partial charge in [0.05, 0.1) is 4.88 Å². The predicted molar refractivity (Wildman–Crippen MR) is 88.7 cm³/mol. The highest BCUT2D eigenvalue weighted by Gasteiger charge is 2.15. The molecule has 0 aliphatic carbocycles. The Labute approximate surface area is 141 Å². The Morgan fingerprint density at radius 2 is 1.75 bits per heavy atom. The number of nitrogens with zero attached hydrogens (tertiary/aromatic N) is 2. The van der Waals surface area contributed by atoms with Crippen LogP contribution < -0.4 is 10.6 Å². The smallest absolute Gasteiger partial charge is 0.316 e. The van der Waals surface area contributed by atoms with Crippen molar-refractivity contribution in [2.24, 2.45) is 0 Å². The van der Waals surface area contributed by atoms with Crippen LogP contribution in [0.25, 0.3) is 11.4 Å². The molecule has 0 spiro atoms. The lowest BCUT2D eigenvalue weighted by Gasteiger charge is -2.04. The van der Waals surface area contributed by atoms with Gasteiger partial charge in [-0.1, -0.05) is 41.6 Å². The highest BCUT2D eigenvalue weighted by atomic mass is 32.1. The van der Waals surface area contributed by atoms with Crippen LogP contribution in [0.2, 0.25) is 0 Å². The van der Waals surface area contributed by atoms with E-state index in [0.29, 0.717) is 17.2 Å². The first-order valence-corrected chi connectivity index (χ1v) is 8.11. The van der Waals surface area contributed by atoms with Crippen LogP contribution in [0.1, 0.15) is 20.4 Å². The van der Waals surface area contributed by atoms with E-state index in [2.05, 4.69) is 20.8 Å². The van der Waals surface area contributed by atoms with Crippen molar-refractivity contribution in [3.05, 3.63) is 58.6 Å². The van der Waals surface area contributed by atoms with Crippen LogP contribution in [0.5, 0.6) is 0 Å². The predicted octanol–water partition coefficient (Wildman–Crippen LogP) is 1.96. The number of carbonyl (C=O) groups excluding carboxylic acids is 2. The monoisotopic (exact) mass is 342 g/mol. The average Bonchev–Trinajstić information content (AvgIpc) is 3.31. The van der Waals surface area contributed by atoms with E-state index in [1.165, 1.54) is 11.3 Å². The molecule has 122 valence electrons. The summed E-state index contributed by atoms with van der Waals surface area (Å²) in [6.45, 7) is 0.571. The van der Waals surface area contributed by atoms with Gasteiger partial charge in [-0.15, -0.1) is 11.3 Å². The quantitative estimate of drug-likeness (QED) is 0.668. The number of carbonyl (C=O) groups is 2. The minimum absolute atomic E-state index is 0.113. The molecule has 2 N–H and O–H groups in total. The molecule has 0 atom stereocenters. The summed E-state index contributed by atoms with van der Waals surface area (Å²) in [7, 11) is 0. The van der Waals surface area contributed by atoms with Gasteiger partial charge in [-0.3, -0.25) is 9.59 Å². The second-order valence-electron chi connectivity index (χ2n) is 4.78. The molecule has 0 saturated carbocycles. The van der Waals surface area contributed by atoms with Gasteiger partial charge < -0.3 is 15.2 Å². The molecule has 0 aliphatic heterocycles. The van der Waals surface area contributed by atoms with Gasteiger partial charge in [0.15, 0.2) is 0 Å². The van der Waals surface area contributed by atoms with Crippen LogP contribution in [-0.4, -0.2) is 35.0 Å². The molecule has 0 aliphatic rings. The third-order valence-electron chi connectivity index (χ3n) is 3.09. The molecule has 2 amide bonds. The Morgan fingerprint density at radius 3 is 2.46 bits per heavy atom. The third-order valence-corrected chi connectivity index (χ3v) is 3.96. The molecule has 3 rings (SSSR count). The van der Waals surface area contributed by atoms with Crippen molar-refractivity contribution in [2.45, 2.75) is 0 Å². The van der Waals surface area contributed by atoms with Gasteiger partial charge in [-0.2, -0.15) is 4.98 Å². The van der Waals surface area contributed by atoms with Gasteiger partial charge in [0, 0.05) is 18.7 Å². The third kappa shape index (κ3) is 3.85. The number of thiophene rings is 1. The SMILES string of the molecule is O=C(NCCNC(=O)c1cccs1)c1nc(-c2ccccc2)no1. The van der Waals surface area contributed by atoms with E-state index in [1.807, 2.05) is 35.7 Å². The first-order chi connectivity index (χ1) is 11.7. The zero-order valence-corrected chi connectivity index (χ0v) is 13.4. The lowest BCUT2D eigenvalue weighted by molar-refractivity contribution is 0.0899. The minimum Gasteiger partial charge on any atom is -0.350 e. The largest absolute Gasteiger partial charge is 0.350 e. The highest BCUT2D eigenvalue weighted by Crippen LogP contribution is 2.14. The van der Waals surface area contributed by atoms with Crippen molar-refractivity contribution in [3.63, 3.8) is 0 Å². The molecular weight excluding hydrogens is 328 g/mol. The lowest BCUT2D eigenvalue weighted by atomic mass is 10.2. The molecular formula is C16H14N4O3S. The molecule has 8 heteroatoms. The average molecular weight is 342 g/mol. The van der Waals surface area contributed by atoms with Crippen molar-refractivity contribution in [1.82, 2.24) is 20.8 Å². The van der Waals surface area contributed by atoms with E-state index >= 15 is 0 Å². The normalized spacial score (nSPS) is 10.3. The maximum atomic E-state index is 11.9. The second kappa shape index (κ2) is 7.51. The van der Waals surface area contributed by atoms with E-state index in [9.17, 15) is 9.59 Å². The van der Waals surface area contributed by atoms with E-state index in [-0.39, 0.29) is 18.3 Å². The summed E-state index contributed by atoms with van der Waals surface area (Å²) in [6, 6.07) is 12.8. The topological polar surface area (TPSA) is 97.1 Å². The Morgan fingerprint density at radius 1 is 1.00 bits per heavy atom. The van der Waals surface area contributed by atoms with Gasteiger partial charge in [-0.05, 0) is 11.4 Å². The van der Waals surface area contributed by atoms with Gasteiger partial charge >= 0.3 is 11.8 Å². The van der Waals surface area contributed by atoms with Crippen LogP contribution in [-0.2, 0) is 0 Å². The van der Waals surface area contributed by atoms with E-state index in [0.717, 1.165) is 5.56 Å². The van der Waals surface area contributed by atoms with Crippen LogP contribution >= 0.6 is 11.3 Å². The molecule has 0 radical (unpaired) electrons. The van der Waals surface area contributed by atoms with Crippen LogP contribution in [0.4, 0.5) is 0 Å². The first kappa shape index (κ1) is 15.9. The Balaban J connectivity index is 1.47. The highest BCUT2D eigenvalue weighted by molar-refractivity contribution is 7.12.